The molecule has 29 heavy (non-hydrogen) atoms. The molecule has 0 aliphatic rings. The summed E-state index contributed by atoms with van der Waals surface area (Å²) in [5.74, 6) is 0. The van der Waals surface area contributed by atoms with E-state index < -0.39 is 12.2 Å². The summed E-state index contributed by atoms with van der Waals surface area (Å²) in [6.07, 6.45) is 0.544. The Morgan fingerprint density at radius 1 is 0.931 bits per heavy atom. The van der Waals surface area contributed by atoms with E-state index >= 15 is 0 Å². The minimum Gasteiger partial charge on any atom is -0.450 e. The van der Waals surface area contributed by atoms with Crippen molar-refractivity contribution in [2.45, 2.75) is 13.8 Å². The zero-order chi connectivity index (χ0) is 22.2. The lowest BCUT2D eigenvalue weighted by atomic mass is 10.2. The average molecular weight is 478 g/mol. The van der Waals surface area contributed by atoms with Crippen LogP contribution in [0.4, 0.5) is 21.0 Å². The summed E-state index contributed by atoms with van der Waals surface area (Å²) in [6.45, 7) is 3.85. The first kappa shape index (κ1) is 26.8. The van der Waals surface area contributed by atoms with Crippen LogP contribution in [0.2, 0.25) is 0 Å². The molecular weight excluding hydrogens is 454 g/mol. The fraction of sp³-hybridized carbons (Fsp3) is 0.312. The van der Waals surface area contributed by atoms with E-state index in [4.69, 9.17) is 39.6 Å². The number of ether oxygens (including phenoxy) is 2. The lowest BCUT2D eigenvalue weighted by molar-refractivity contribution is 0.157. The van der Waals surface area contributed by atoms with E-state index in [1.54, 1.807) is 38.1 Å². The number of thioether (sulfide) groups is 1. The van der Waals surface area contributed by atoms with E-state index in [2.05, 4.69) is 33.5 Å². The summed E-state index contributed by atoms with van der Waals surface area (Å²) in [7, 11) is 0. The van der Waals surface area contributed by atoms with Gasteiger partial charge in [0.2, 0.25) is 0 Å². The molecule has 9 nitrogen and oxygen atoms in total. The fourth-order valence-electron chi connectivity index (χ4n) is 1.53. The second-order valence-electron chi connectivity index (χ2n) is 4.67. The third kappa shape index (κ3) is 13.6. The van der Waals surface area contributed by atoms with Gasteiger partial charge < -0.3 is 25.8 Å². The summed E-state index contributed by atoms with van der Waals surface area (Å²) in [6, 6.07) is 6.97. The Bertz CT molecular complexity index is 680. The molecule has 0 saturated heterocycles. The molecule has 0 spiro atoms. The van der Waals surface area contributed by atoms with Gasteiger partial charge in [-0.05, 0) is 56.7 Å². The Labute approximate surface area is 189 Å². The molecule has 13 heteroatoms. The molecule has 0 radical (unpaired) electrons. The first-order chi connectivity index (χ1) is 13.7. The van der Waals surface area contributed by atoms with Crippen LogP contribution >= 0.6 is 48.4 Å². The maximum absolute atomic E-state index is 11.3. The van der Waals surface area contributed by atoms with Crippen molar-refractivity contribution in [3.8, 4) is 0 Å². The van der Waals surface area contributed by atoms with Crippen molar-refractivity contribution in [2.75, 3.05) is 30.1 Å². The summed E-state index contributed by atoms with van der Waals surface area (Å²) in [5.41, 5.74) is 6.08. The first-order valence-electron chi connectivity index (χ1n) is 8.15. The zero-order valence-electron chi connectivity index (χ0n) is 16.1. The van der Waals surface area contributed by atoms with Crippen molar-refractivity contribution < 1.29 is 19.1 Å². The van der Waals surface area contributed by atoms with Crippen molar-refractivity contribution in [1.29, 1.82) is 0 Å². The van der Waals surface area contributed by atoms with Crippen LogP contribution in [0.1, 0.15) is 13.8 Å². The normalized spacial score (nSPS) is 9.07. The predicted molar refractivity (Wildman–Crippen MR) is 129 cm³/mol. The van der Waals surface area contributed by atoms with Gasteiger partial charge in [-0.3, -0.25) is 10.6 Å². The van der Waals surface area contributed by atoms with Crippen molar-refractivity contribution in [3.05, 3.63) is 24.3 Å². The number of thiocarbonyl (C=S) groups is 3. The quantitative estimate of drug-likeness (QED) is 0.410. The number of nitrogens with one attached hydrogen (secondary N) is 4. The molecule has 1 aromatic carbocycles. The Morgan fingerprint density at radius 2 is 1.28 bits per heavy atom. The molecule has 0 saturated carbocycles. The van der Waals surface area contributed by atoms with Gasteiger partial charge in [-0.1, -0.05) is 24.4 Å². The molecule has 160 valence electrons. The molecule has 0 bridgehead atoms. The number of anilines is 2. The maximum atomic E-state index is 11.3. The number of hydrogen-bond acceptors (Lipinski definition) is 8. The van der Waals surface area contributed by atoms with Gasteiger partial charge in [-0.25, -0.2) is 9.59 Å². The molecule has 2 amide bonds. The molecule has 0 heterocycles. The molecule has 0 aromatic heterocycles. The monoisotopic (exact) mass is 477 g/mol. The standard InChI is InChI=1S/C14H18N4O4S2.C2H5NS2/c1-3-21-13(19)17-11(23)15-9-7-5-6-8-10(9)16-12(24)18-14(20)22-4-2;1-5-2(3)4/h5-8H,3-4H2,1-2H3,(H2,15,17,19,23)(H2,16,18,20,24);1H3,(H2,3,4). The molecule has 1 rings (SSSR count). The largest absolute Gasteiger partial charge is 0.450 e. The number of hydrogen-bond donors (Lipinski definition) is 5. The van der Waals surface area contributed by atoms with Crippen molar-refractivity contribution in [2.24, 2.45) is 5.73 Å². The maximum Gasteiger partial charge on any atom is 0.413 e. The number of nitrogens with two attached hydrogens (primary N) is 1. The third-order valence-electron chi connectivity index (χ3n) is 2.61. The van der Waals surface area contributed by atoms with Crippen molar-refractivity contribution in [1.82, 2.24) is 10.6 Å². The Balaban J connectivity index is 0.00000139. The Morgan fingerprint density at radius 3 is 1.55 bits per heavy atom. The van der Waals surface area contributed by atoms with Crippen LogP contribution in [0.5, 0.6) is 0 Å². The molecule has 6 N–H and O–H groups in total. The van der Waals surface area contributed by atoms with Crippen LogP contribution in [0.15, 0.2) is 24.3 Å². The lowest BCUT2D eigenvalue weighted by Gasteiger charge is -2.15. The van der Waals surface area contributed by atoms with Gasteiger partial charge in [0.1, 0.15) is 4.32 Å². The lowest BCUT2D eigenvalue weighted by Crippen LogP contribution is -2.36. The van der Waals surface area contributed by atoms with E-state index in [0.717, 1.165) is 0 Å². The number of para-hydroxylation sites is 2. The predicted octanol–water partition coefficient (Wildman–Crippen LogP) is 3.17. The van der Waals surface area contributed by atoms with Gasteiger partial charge >= 0.3 is 12.2 Å². The molecule has 1 aromatic rings. The van der Waals surface area contributed by atoms with Crippen LogP contribution < -0.4 is 27.0 Å². The van der Waals surface area contributed by atoms with Gasteiger partial charge in [-0.15, -0.1) is 11.8 Å². The number of benzene rings is 1. The second-order valence-corrected chi connectivity index (χ2v) is 7.03. The molecule has 0 unspecified atom stereocenters. The van der Waals surface area contributed by atoms with Gasteiger partial charge in [0, 0.05) is 0 Å². The van der Waals surface area contributed by atoms with Crippen LogP contribution in [0.25, 0.3) is 0 Å². The topological polar surface area (TPSA) is 127 Å². The molecule has 0 atom stereocenters. The van der Waals surface area contributed by atoms with Crippen LogP contribution in [-0.2, 0) is 9.47 Å². The Kier molecular flexibility index (Phi) is 14.5. The minimum atomic E-state index is -0.653. The van der Waals surface area contributed by atoms with E-state index in [0.29, 0.717) is 15.7 Å². The van der Waals surface area contributed by atoms with Crippen LogP contribution in [-0.4, -0.2) is 46.2 Å². The second kappa shape index (κ2) is 15.7. The summed E-state index contributed by atoms with van der Waals surface area (Å²) < 4.78 is 9.98. The van der Waals surface area contributed by atoms with E-state index in [1.165, 1.54) is 11.8 Å². The summed E-state index contributed by atoms with van der Waals surface area (Å²) in [5, 5.41) is 10.5. The first-order valence-corrected chi connectivity index (χ1v) is 10.6. The van der Waals surface area contributed by atoms with Crippen LogP contribution in [0, 0.1) is 0 Å². The van der Waals surface area contributed by atoms with Gasteiger partial charge in [0.05, 0.1) is 24.6 Å². The van der Waals surface area contributed by atoms with Crippen molar-refractivity contribution in [3.63, 3.8) is 0 Å². The third-order valence-corrected chi connectivity index (χ3v) is 3.92. The van der Waals surface area contributed by atoms with Gasteiger partial charge in [-0.2, -0.15) is 0 Å². The van der Waals surface area contributed by atoms with E-state index in [-0.39, 0.29) is 23.4 Å². The number of amides is 2. The zero-order valence-corrected chi connectivity index (χ0v) is 19.3. The molecule has 0 aliphatic heterocycles. The number of carbonyl (C=O) groups is 2. The average Bonchev–Trinajstić information content (AvgIpc) is 2.64. The van der Waals surface area contributed by atoms with Crippen LogP contribution in [0.3, 0.4) is 0 Å². The van der Waals surface area contributed by atoms with E-state index in [1.807, 2.05) is 6.26 Å². The summed E-state index contributed by atoms with van der Waals surface area (Å²) >= 11 is 15.9. The van der Waals surface area contributed by atoms with Gasteiger partial charge in [0.15, 0.2) is 10.2 Å². The molecular formula is C16H23N5O4S4. The van der Waals surface area contributed by atoms with Gasteiger partial charge in [0.25, 0.3) is 0 Å². The Hall–Kier alpha value is -2.22. The highest BCUT2D eigenvalue weighted by molar-refractivity contribution is 8.22. The number of carbonyl (C=O) groups excluding carboxylic acids is 2. The highest BCUT2D eigenvalue weighted by atomic mass is 32.2. The molecule has 0 fully saturated rings. The highest BCUT2D eigenvalue weighted by Crippen LogP contribution is 2.20. The smallest absolute Gasteiger partial charge is 0.413 e. The summed E-state index contributed by atoms with van der Waals surface area (Å²) in [4.78, 5) is 22.7. The number of alkyl carbamates (subject to hydrolysis) is 2. The minimum absolute atomic E-state index is 0.0620. The fourth-order valence-corrected chi connectivity index (χ4v) is 1.91. The van der Waals surface area contributed by atoms with Crippen molar-refractivity contribution >= 4 is 86.5 Å². The SMILES string of the molecule is CCOC(=O)NC(=S)Nc1ccccc1NC(=S)NC(=O)OCC.CSC(N)=S. The molecule has 0 aliphatic carbocycles. The number of rotatable bonds is 4. The van der Waals surface area contributed by atoms with E-state index in [9.17, 15) is 9.59 Å². The highest BCUT2D eigenvalue weighted by Gasteiger charge is 2.10.